The van der Waals surface area contributed by atoms with Crippen molar-refractivity contribution in [2.75, 3.05) is 13.2 Å². The molecule has 0 amide bonds. The number of aryl methyl sites for hydroxylation is 2. The second kappa shape index (κ2) is 3.78. The minimum atomic E-state index is -0.598. The molecule has 1 aromatic carbocycles. The van der Waals surface area contributed by atoms with Gasteiger partial charge in [0.15, 0.2) is 5.79 Å². The highest BCUT2D eigenvalue weighted by molar-refractivity contribution is 6.30. The molecule has 1 fully saturated rings. The molecule has 2 nitrogen and oxygen atoms in total. The summed E-state index contributed by atoms with van der Waals surface area (Å²) in [5.41, 5.74) is 3.33. The van der Waals surface area contributed by atoms with Gasteiger partial charge >= 0.3 is 0 Å². The van der Waals surface area contributed by atoms with Crippen molar-refractivity contribution in [1.29, 1.82) is 0 Å². The summed E-state index contributed by atoms with van der Waals surface area (Å²) in [6.07, 6.45) is 0. The fraction of sp³-hybridized carbons (Fsp3) is 0.500. The SMILES string of the molecule is Cc1cc(Cl)cc(C)c1C1(C)OCCO1. The molecule has 15 heavy (non-hydrogen) atoms. The molecule has 0 atom stereocenters. The van der Waals surface area contributed by atoms with Gasteiger partial charge < -0.3 is 9.47 Å². The summed E-state index contributed by atoms with van der Waals surface area (Å²) in [5.74, 6) is -0.598. The van der Waals surface area contributed by atoms with Crippen LogP contribution in [-0.4, -0.2) is 13.2 Å². The average molecular weight is 227 g/mol. The van der Waals surface area contributed by atoms with E-state index in [2.05, 4.69) is 0 Å². The molecule has 2 rings (SSSR count). The van der Waals surface area contributed by atoms with Gasteiger partial charge in [-0.1, -0.05) is 11.6 Å². The summed E-state index contributed by atoms with van der Waals surface area (Å²) in [5, 5.41) is 0.760. The van der Waals surface area contributed by atoms with Crippen LogP contribution in [0.4, 0.5) is 0 Å². The van der Waals surface area contributed by atoms with Gasteiger partial charge in [0.1, 0.15) is 0 Å². The lowest BCUT2D eigenvalue weighted by molar-refractivity contribution is -0.150. The molecule has 0 unspecified atom stereocenters. The molecule has 0 aliphatic carbocycles. The van der Waals surface area contributed by atoms with Gasteiger partial charge in [0.2, 0.25) is 0 Å². The van der Waals surface area contributed by atoms with Crippen molar-refractivity contribution in [2.45, 2.75) is 26.6 Å². The number of rotatable bonds is 1. The average Bonchev–Trinajstić information content (AvgIpc) is 2.50. The third-order valence-corrected chi connectivity index (χ3v) is 3.01. The molecule has 0 radical (unpaired) electrons. The number of halogens is 1. The predicted octanol–water partition coefficient (Wildman–Crippen LogP) is 3.18. The maximum atomic E-state index is 5.99. The van der Waals surface area contributed by atoms with Gasteiger partial charge in [-0.15, -0.1) is 0 Å². The van der Waals surface area contributed by atoms with Crippen LogP contribution in [-0.2, 0) is 15.3 Å². The minimum absolute atomic E-state index is 0.598. The Labute approximate surface area is 95.1 Å². The first-order chi connectivity index (χ1) is 7.03. The van der Waals surface area contributed by atoms with Gasteiger partial charge in [-0.2, -0.15) is 0 Å². The third-order valence-electron chi connectivity index (χ3n) is 2.79. The van der Waals surface area contributed by atoms with Crippen LogP contribution < -0.4 is 0 Å². The summed E-state index contributed by atoms with van der Waals surface area (Å²) >= 11 is 5.99. The molecule has 0 bridgehead atoms. The highest BCUT2D eigenvalue weighted by Gasteiger charge is 2.35. The lowest BCUT2D eigenvalue weighted by Gasteiger charge is -2.26. The van der Waals surface area contributed by atoms with Crippen LogP contribution in [0.1, 0.15) is 23.6 Å². The van der Waals surface area contributed by atoms with Crippen molar-refractivity contribution in [3.63, 3.8) is 0 Å². The monoisotopic (exact) mass is 226 g/mol. The zero-order chi connectivity index (χ0) is 11.1. The van der Waals surface area contributed by atoms with Crippen molar-refractivity contribution < 1.29 is 9.47 Å². The van der Waals surface area contributed by atoms with Gasteiger partial charge in [0, 0.05) is 10.6 Å². The molecule has 1 aliphatic heterocycles. The summed E-state index contributed by atoms with van der Waals surface area (Å²) < 4.78 is 11.3. The number of benzene rings is 1. The first-order valence-corrected chi connectivity index (χ1v) is 5.46. The van der Waals surface area contributed by atoms with E-state index in [1.54, 1.807) is 0 Å². The zero-order valence-electron chi connectivity index (χ0n) is 9.26. The quantitative estimate of drug-likeness (QED) is 0.732. The molecule has 1 saturated heterocycles. The van der Waals surface area contributed by atoms with E-state index in [4.69, 9.17) is 21.1 Å². The molecule has 0 saturated carbocycles. The molecule has 3 heteroatoms. The van der Waals surface area contributed by atoms with Gasteiger partial charge in [0.05, 0.1) is 13.2 Å². The van der Waals surface area contributed by atoms with Gasteiger partial charge in [-0.25, -0.2) is 0 Å². The second-order valence-electron chi connectivity index (χ2n) is 4.06. The first kappa shape index (κ1) is 10.9. The van der Waals surface area contributed by atoms with Crippen molar-refractivity contribution >= 4 is 11.6 Å². The van der Waals surface area contributed by atoms with Crippen LogP contribution in [0.5, 0.6) is 0 Å². The van der Waals surface area contributed by atoms with E-state index in [-0.39, 0.29) is 0 Å². The minimum Gasteiger partial charge on any atom is -0.344 e. The summed E-state index contributed by atoms with van der Waals surface area (Å²) in [4.78, 5) is 0. The van der Waals surface area contributed by atoms with E-state index >= 15 is 0 Å². The molecule has 1 heterocycles. The Kier molecular flexibility index (Phi) is 2.75. The number of ether oxygens (including phenoxy) is 2. The van der Waals surface area contributed by atoms with Crippen LogP contribution in [0.25, 0.3) is 0 Å². The van der Waals surface area contributed by atoms with Crippen molar-refractivity contribution in [2.24, 2.45) is 0 Å². The summed E-state index contributed by atoms with van der Waals surface area (Å²) in [7, 11) is 0. The highest BCUT2D eigenvalue weighted by atomic mass is 35.5. The Balaban J connectivity index is 2.52. The molecular weight excluding hydrogens is 212 g/mol. The molecule has 0 spiro atoms. The molecular formula is C12H15ClO2. The first-order valence-electron chi connectivity index (χ1n) is 5.08. The van der Waals surface area contributed by atoms with Gasteiger partial charge in [-0.3, -0.25) is 0 Å². The molecule has 0 aromatic heterocycles. The van der Waals surface area contributed by atoms with Crippen molar-refractivity contribution in [3.8, 4) is 0 Å². The molecule has 82 valence electrons. The van der Waals surface area contributed by atoms with Crippen LogP contribution in [0.3, 0.4) is 0 Å². The zero-order valence-corrected chi connectivity index (χ0v) is 10.0. The van der Waals surface area contributed by atoms with E-state index in [0.717, 1.165) is 21.7 Å². The Bertz CT molecular complexity index is 358. The number of hydrogen-bond donors (Lipinski definition) is 0. The van der Waals surface area contributed by atoms with Crippen LogP contribution in [0.2, 0.25) is 5.02 Å². The lowest BCUT2D eigenvalue weighted by atomic mass is 9.96. The van der Waals surface area contributed by atoms with Crippen LogP contribution in [0, 0.1) is 13.8 Å². The topological polar surface area (TPSA) is 18.5 Å². The predicted molar refractivity (Wildman–Crippen MR) is 60.2 cm³/mol. The van der Waals surface area contributed by atoms with Crippen LogP contribution in [0.15, 0.2) is 12.1 Å². The molecule has 1 aliphatic rings. The maximum absolute atomic E-state index is 5.99. The van der Waals surface area contributed by atoms with Gasteiger partial charge in [-0.05, 0) is 44.0 Å². The maximum Gasteiger partial charge on any atom is 0.192 e. The fourth-order valence-electron chi connectivity index (χ4n) is 2.29. The van der Waals surface area contributed by atoms with E-state index in [0.29, 0.717) is 13.2 Å². The lowest BCUT2D eigenvalue weighted by Crippen LogP contribution is -2.24. The van der Waals surface area contributed by atoms with E-state index < -0.39 is 5.79 Å². The largest absolute Gasteiger partial charge is 0.344 e. The smallest absolute Gasteiger partial charge is 0.192 e. The van der Waals surface area contributed by atoms with E-state index in [1.165, 1.54) is 0 Å². The number of hydrogen-bond acceptors (Lipinski definition) is 2. The second-order valence-corrected chi connectivity index (χ2v) is 4.49. The van der Waals surface area contributed by atoms with Gasteiger partial charge in [0.25, 0.3) is 0 Å². The standard InChI is InChI=1S/C12H15ClO2/c1-8-6-10(13)7-9(2)11(8)12(3)14-4-5-15-12/h6-7H,4-5H2,1-3H3. The summed E-state index contributed by atoms with van der Waals surface area (Å²) in [6.45, 7) is 7.33. The normalized spacial score (nSPS) is 19.5. The third kappa shape index (κ3) is 1.89. The highest BCUT2D eigenvalue weighted by Crippen LogP contribution is 2.36. The fourth-order valence-corrected chi connectivity index (χ4v) is 2.61. The Hall–Kier alpha value is -0.570. The Morgan fingerprint density at radius 3 is 2.07 bits per heavy atom. The van der Waals surface area contributed by atoms with Crippen LogP contribution >= 0.6 is 11.6 Å². The summed E-state index contributed by atoms with van der Waals surface area (Å²) in [6, 6.07) is 3.89. The molecule has 0 N–H and O–H groups in total. The van der Waals surface area contributed by atoms with E-state index in [9.17, 15) is 0 Å². The Morgan fingerprint density at radius 2 is 1.60 bits per heavy atom. The van der Waals surface area contributed by atoms with Crippen molar-refractivity contribution in [1.82, 2.24) is 0 Å². The Morgan fingerprint density at radius 1 is 1.13 bits per heavy atom. The van der Waals surface area contributed by atoms with Crippen molar-refractivity contribution in [3.05, 3.63) is 33.8 Å². The molecule has 1 aromatic rings. The van der Waals surface area contributed by atoms with E-state index in [1.807, 2.05) is 32.9 Å².